The lowest BCUT2D eigenvalue weighted by Gasteiger charge is -2.30. The normalized spacial score (nSPS) is 19.8. The average molecular weight is 435 g/mol. The molecule has 0 aromatic carbocycles. The Morgan fingerprint density at radius 3 is 2.29 bits per heavy atom. The molecule has 11 heteroatoms. The molecule has 0 saturated carbocycles. The monoisotopic (exact) mass is 434 g/mol. The van der Waals surface area contributed by atoms with E-state index in [2.05, 4.69) is 35.9 Å². The number of likely N-dealkylation sites (tertiary alicyclic amines) is 1. The predicted octanol–water partition coefficient (Wildman–Crippen LogP) is -0.735. The quantitative estimate of drug-likeness (QED) is 0.250. The van der Waals surface area contributed by atoms with Gasteiger partial charge in [0.1, 0.15) is 18.1 Å². The van der Waals surface area contributed by atoms with Gasteiger partial charge in [-0.15, -0.1) is 0 Å². The third-order valence-corrected chi connectivity index (χ3v) is 5.25. The van der Waals surface area contributed by atoms with Crippen molar-refractivity contribution in [2.75, 3.05) is 18.1 Å². The summed E-state index contributed by atoms with van der Waals surface area (Å²) in [6, 6.07) is -3.56. The molecule has 5 N–H and O–H groups in total. The van der Waals surface area contributed by atoms with Crippen LogP contribution in [-0.4, -0.2) is 75.9 Å². The average Bonchev–Trinajstić information content (AvgIpc) is 3.13. The maximum Gasteiger partial charge on any atom is 0.327 e. The van der Waals surface area contributed by atoms with Gasteiger partial charge in [0.05, 0.1) is 6.04 Å². The van der Waals surface area contributed by atoms with E-state index in [1.807, 2.05) is 13.8 Å². The smallest absolute Gasteiger partial charge is 0.327 e. The zero-order valence-corrected chi connectivity index (χ0v) is 17.9. The summed E-state index contributed by atoms with van der Waals surface area (Å²) in [6.45, 7) is 4.20. The molecule has 160 valence electrons. The summed E-state index contributed by atoms with van der Waals surface area (Å²) in [4.78, 5) is 50.3. The molecule has 0 aromatic rings. The highest BCUT2D eigenvalue weighted by Gasteiger charge is 2.39. The van der Waals surface area contributed by atoms with Crippen molar-refractivity contribution >= 4 is 48.9 Å². The first-order chi connectivity index (χ1) is 13.1. The van der Waals surface area contributed by atoms with E-state index < -0.39 is 42.0 Å². The molecule has 9 nitrogen and oxygen atoms in total. The Balaban J connectivity index is 2.92. The van der Waals surface area contributed by atoms with Crippen LogP contribution in [0.4, 0.5) is 0 Å². The molecule has 3 amide bonds. The molecule has 1 rings (SSSR count). The van der Waals surface area contributed by atoms with Crippen molar-refractivity contribution in [1.29, 1.82) is 0 Å². The maximum atomic E-state index is 13.1. The first-order valence-corrected chi connectivity index (χ1v) is 10.5. The van der Waals surface area contributed by atoms with E-state index in [9.17, 15) is 19.2 Å². The fourth-order valence-electron chi connectivity index (χ4n) is 3.01. The fourth-order valence-corrected chi connectivity index (χ4v) is 3.42. The second kappa shape index (κ2) is 11.5. The highest BCUT2D eigenvalue weighted by molar-refractivity contribution is 7.80. The number of rotatable bonds is 10. The van der Waals surface area contributed by atoms with Gasteiger partial charge in [0.25, 0.3) is 0 Å². The number of aliphatic carboxylic acids is 1. The van der Waals surface area contributed by atoms with Gasteiger partial charge >= 0.3 is 5.97 Å². The van der Waals surface area contributed by atoms with Gasteiger partial charge in [-0.25, -0.2) is 4.79 Å². The molecular weight excluding hydrogens is 404 g/mol. The topological polar surface area (TPSA) is 142 Å². The van der Waals surface area contributed by atoms with Gasteiger partial charge < -0.3 is 26.4 Å². The van der Waals surface area contributed by atoms with E-state index >= 15 is 0 Å². The van der Waals surface area contributed by atoms with Crippen LogP contribution in [0.1, 0.15) is 33.1 Å². The molecule has 1 heterocycles. The number of carbonyl (C=O) groups is 4. The number of nitrogens with zero attached hydrogens (tertiary/aromatic N) is 1. The minimum absolute atomic E-state index is 0.0601. The second-order valence-corrected chi connectivity index (χ2v) is 7.98. The summed E-state index contributed by atoms with van der Waals surface area (Å²) in [5, 5.41) is 14.2. The zero-order chi connectivity index (χ0) is 21.4. The summed E-state index contributed by atoms with van der Waals surface area (Å²) in [7, 11) is 0. The molecule has 1 aliphatic heterocycles. The number of amides is 3. The number of carboxylic acids is 1. The van der Waals surface area contributed by atoms with Crippen LogP contribution < -0.4 is 16.4 Å². The largest absolute Gasteiger partial charge is 0.480 e. The van der Waals surface area contributed by atoms with Crippen molar-refractivity contribution < 1.29 is 24.3 Å². The Morgan fingerprint density at radius 1 is 1.14 bits per heavy atom. The summed E-state index contributed by atoms with van der Waals surface area (Å²) in [5.41, 5.74) is 5.68. The molecule has 0 bridgehead atoms. The third kappa shape index (κ3) is 6.85. The van der Waals surface area contributed by atoms with Crippen LogP contribution in [0.25, 0.3) is 0 Å². The van der Waals surface area contributed by atoms with Crippen molar-refractivity contribution in [3.63, 3.8) is 0 Å². The third-order valence-electron chi connectivity index (χ3n) is 4.49. The number of carboxylic acid groups (broad SMARTS) is 1. The number of carbonyl (C=O) groups excluding carboxylic acids is 3. The molecule has 28 heavy (non-hydrogen) atoms. The van der Waals surface area contributed by atoms with Crippen LogP contribution >= 0.6 is 25.3 Å². The molecule has 1 fully saturated rings. The highest BCUT2D eigenvalue weighted by Crippen LogP contribution is 2.20. The van der Waals surface area contributed by atoms with Gasteiger partial charge in [-0.05, 0) is 25.2 Å². The van der Waals surface area contributed by atoms with Crippen LogP contribution in [0.5, 0.6) is 0 Å². The Kier molecular flexibility index (Phi) is 10.1. The Bertz CT molecular complexity index is 590. The van der Waals surface area contributed by atoms with Crippen molar-refractivity contribution in [2.45, 2.75) is 57.3 Å². The van der Waals surface area contributed by atoms with Gasteiger partial charge in [-0.3, -0.25) is 14.4 Å². The van der Waals surface area contributed by atoms with E-state index in [4.69, 9.17) is 10.8 Å². The Labute approximate surface area is 176 Å². The van der Waals surface area contributed by atoms with E-state index in [1.165, 1.54) is 4.90 Å². The van der Waals surface area contributed by atoms with Crippen LogP contribution in [0.3, 0.4) is 0 Å². The van der Waals surface area contributed by atoms with Crippen LogP contribution in [-0.2, 0) is 19.2 Å². The predicted molar refractivity (Wildman–Crippen MR) is 111 cm³/mol. The van der Waals surface area contributed by atoms with Crippen molar-refractivity contribution in [3.8, 4) is 0 Å². The molecule has 1 saturated heterocycles. The van der Waals surface area contributed by atoms with E-state index in [-0.39, 0.29) is 23.3 Å². The SMILES string of the molecule is CC(C)CC(NC(=O)C(N)CS)C(=O)N1CCCC1C(=O)NC(CS)C(=O)O. The van der Waals surface area contributed by atoms with E-state index in [1.54, 1.807) is 0 Å². The lowest BCUT2D eigenvalue weighted by molar-refractivity contribution is -0.144. The molecule has 0 spiro atoms. The number of hydrogen-bond acceptors (Lipinski definition) is 7. The van der Waals surface area contributed by atoms with Crippen LogP contribution in [0, 0.1) is 5.92 Å². The van der Waals surface area contributed by atoms with Gasteiger partial charge in [0.2, 0.25) is 17.7 Å². The molecule has 4 atom stereocenters. The number of hydrogen-bond donors (Lipinski definition) is 6. The number of nitrogens with two attached hydrogens (primary N) is 1. The summed E-state index contributed by atoms with van der Waals surface area (Å²) in [5.74, 6) is -2.37. The number of thiol groups is 2. The standard InChI is InChI=1S/C17H30N4O5S2/c1-9(2)6-11(19-14(22)10(18)7-27)16(24)21-5-3-4-13(21)15(23)20-12(8-28)17(25)26/h9-13,27-28H,3-8,18H2,1-2H3,(H,19,22)(H,20,23)(H,25,26). The van der Waals surface area contributed by atoms with Crippen LogP contribution in [0.15, 0.2) is 0 Å². The zero-order valence-electron chi connectivity index (χ0n) is 16.1. The van der Waals surface area contributed by atoms with Gasteiger partial charge in [0, 0.05) is 18.1 Å². The Hall–Kier alpha value is -1.46. The van der Waals surface area contributed by atoms with E-state index in [0.29, 0.717) is 25.8 Å². The van der Waals surface area contributed by atoms with Gasteiger partial charge in [0.15, 0.2) is 0 Å². The maximum absolute atomic E-state index is 13.1. The molecule has 0 aromatic heterocycles. The first kappa shape index (κ1) is 24.6. The van der Waals surface area contributed by atoms with Crippen molar-refractivity contribution in [1.82, 2.24) is 15.5 Å². The van der Waals surface area contributed by atoms with Gasteiger partial charge in [-0.1, -0.05) is 13.8 Å². The minimum atomic E-state index is -1.19. The molecule has 0 aliphatic carbocycles. The second-order valence-electron chi connectivity index (χ2n) is 7.25. The summed E-state index contributed by atoms with van der Waals surface area (Å²) in [6.07, 6.45) is 1.43. The van der Waals surface area contributed by atoms with E-state index in [0.717, 1.165) is 0 Å². The lowest BCUT2D eigenvalue weighted by Crippen LogP contribution is -2.57. The molecule has 4 unspecified atom stereocenters. The number of nitrogens with one attached hydrogen (secondary N) is 2. The first-order valence-electron chi connectivity index (χ1n) is 9.23. The summed E-state index contributed by atoms with van der Waals surface area (Å²) >= 11 is 7.93. The molecular formula is C17H30N4O5S2. The van der Waals surface area contributed by atoms with Crippen molar-refractivity contribution in [2.24, 2.45) is 11.7 Å². The lowest BCUT2D eigenvalue weighted by atomic mass is 10.0. The van der Waals surface area contributed by atoms with Crippen LogP contribution in [0.2, 0.25) is 0 Å². The summed E-state index contributed by atoms with van der Waals surface area (Å²) < 4.78 is 0. The Morgan fingerprint density at radius 2 is 1.79 bits per heavy atom. The van der Waals surface area contributed by atoms with Crippen molar-refractivity contribution in [3.05, 3.63) is 0 Å². The molecule has 1 aliphatic rings. The molecule has 0 radical (unpaired) electrons. The highest BCUT2D eigenvalue weighted by atomic mass is 32.1. The fraction of sp³-hybridized carbons (Fsp3) is 0.765. The van der Waals surface area contributed by atoms with Gasteiger partial charge in [-0.2, -0.15) is 25.3 Å². The minimum Gasteiger partial charge on any atom is -0.480 e.